The van der Waals surface area contributed by atoms with Gasteiger partial charge in [0.15, 0.2) is 5.11 Å². The summed E-state index contributed by atoms with van der Waals surface area (Å²) >= 11 is 17.3. The highest BCUT2D eigenvalue weighted by atomic mass is 35.5. The van der Waals surface area contributed by atoms with Gasteiger partial charge in [0.1, 0.15) is 11.3 Å². The third kappa shape index (κ3) is 4.28. The number of nitrogens with one attached hydrogen (secondary N) is 1. The van der Waals surface area contributed by atoms with Crippen LogP contribution in [0.5, 0.6) is 5.75 Å². The minimum Gasteiger partial charge on any atom is -0.507 e. The molecule has 0 aliphatic carbocycles. The monoisotopic (exact) mass is 463 g/mol. The molecule has 0 atom stereocenters. The van der Waals surface area contributed by atoms with Gasteiger partial charge in [0.05, 0.1) is 10.7 Å². The summed E-state index contributed by atoms with van der Waals surface area (Å²) in [4.78, 5) is 28.7. The molecule has 156 valence electrons. The van der Waals surface area contributed by atoms with Crippen LogP contribution in [0.15, 0.2) is 42.0 Å². The molecule has 2 amide bonds. The summed E-state index contributed by atoms with van der Waals surface area (Å²) in [5.41, 5.74) is 1.29. The number of rotatable bonds is 5. The molecule has 1 aliphatic heterocycles. The molecule has 0 aromatic heterocycles. The predicted molar refractivity (Wildman–Crippen MR) is 124 cm³/mol. The first kappa shape index (κ1) is 22.1. The van der Waals surface area contributed by atoms with Crippen LogP contribution in [0.1, 0.15) is 19.4 Å². The summed E-state index contributed by atoms with van der Waals surface area (Å²) in [5.74, 6) is -1.35. The van der Waals surface area contributed by atoms with Crippen LogP contribution in [-0.4, -0.2) is 35.1 Å². The maximum atomic E-state index is 13.1. The first-order valence-electron chi connectivity index (χ1n) is 9.21. The molecule has 0 saturated carbocycles. The molecule has 0 bridgehead atoms. The summed E-state index contributed by atoms with van der Waals surface area (Å²) in [5, 5.41) is 13.5. The molecular formula is C21H19Cl2N3O3S. The number of hydrogen-bond acceptors (Lipinski definition) is 5. The Bertz CT molecular complexity index is 1070. The maximum absolute atomic E-state index is 13.1. The summed E-state index contributed by atoms with van der Waals surface area (Å²) < 4.78 is 0. The van der Waals surface area contributed by atoms with Crippen molar-refractivity contribution >= 4 is 69.8 Å². The standard InChI is InChI=1S/C21H19Cl2N3O3S/c1-3-25(4-2)14-7-5-12(18(27)11-14)9-15-19(28)24-21(30)26(20(15)29)17-8-6-13(22)10-16(17)23/h5-11,27H,3-4H2,1-2H3,(H,24,28,30)/b15-9+. The lowest BCUT2D eigenvalue weighted by molar-refractivity contribution is -0.122. The number of anilines is 2. The van der Waals surface area contributed by atoms with Crippen molar-refractivity contribution in [2.45, 2.75) is 13.8 Å². The van der Waals surface area contributed by atoms with E-state index in [1.54, 1.807) is 24.3 Å². The minimum absolute atomic E-state index is 0.0447. The van der Waals surface area contributed by atoms with Gasteiger partial charge in [-0.25, -0.2) is 0 Å². The van der Waals surface area contributed by atoms with Gasteiger partial charge in [0, 0.05) is 35.4 Å². The van der Waals surface area contributed by atoms with E-state index in [4.69, 9.17) is 35.4 Å². The molecule has 0 radical (unpaired) electrons. The number of halogens is 2. The Morgan fingerprint density at radius 3 is 2.43 bits per heavy atom. The molecule has 2 aromatic carbocycles. The van der Waals surface area contributed by atoms with Crippen LogP contribution >= 0.6 is 35.4 Å². The lowest BCUT2D eigenvalue weighted by Gasteiger charge is -2.29. The lowest BCUT2D eigenvalue weighted by atomic mass is 10.1. The van der Waals surface area contributed by atoms with Crippen molar-refractivity contribution in [1.82, 2.24) is 5.32 Å². The second kappa shape index (κ2) is 9.04. The van der Waals surface area contributed by atoms with E-state index in [0.717, 1.165) is 23.7 Å². The van der Waals surface area contributed by atoms with Gasteiger partial charge in [-0.3, -0.25) is 19.8 Å². The number of carbonyl (C=O) groups is 2. The summed E-state index contributed by atoms with van der Waals surface area (Å²) in [6.07, 6.45) is 1.33. The number of amides is 2. The van der Waals surface area contributed by atoms with Crippen LogP contribution in [0.25, 0.3) is 6.08 Å². The molecule has 0 spiro atoms. The van der Waals surface area contributed by atoms with Gasteiger partial charge in [-0.2, -0.15) is 0 Å². The van der Waals surface area contributed by atoms with Crippen molar-refractivity contribution in [2.24, 2.45) is 0 Å². The van der Waals surface area contributed by atoms with Crippen LogP contribution in [0.4, 0.5) is 11.4 Å². The Hall–Kier alpha value is -2.61. The van der Waals surface area contributed by atoms with Crippen LogP contribution in [0.3, 0.4) is 0 Å². The second-order valence-electron chi connectivity index (χ2n) is 6.47. The number of phenolic OH excluding ortho intramolecular Hbond substituents is 1. The zero-order chi connectivity index (χ0) is 22.0. The SMILES string of the molecule is CCN(CC)c1ccc(/C=C2\C(=O)NC(=S)N(c3ccc(Cl)cc3Cl)C2=O)c(O)c1. The Morgan fingerprint density at radius 2 is 1.83 bits per heavy atom. The maximum Gasteiger partial charge on any atom is 0.270 e. The zero-order valence-electron chi connectivity index (χ0n) is 16.3. The Morgan fingerprint density at radius 1 is 1.13 bits per heavy atom. The number of phenols is 1. The highest BCUT2D eigenvalue weighted by Crippen LogP contribution is 2.32. The molecule has 1 heterocycles. The molecule has 1 fully saturated rings. The molecule has 1 aliphatic rings. The van der Waals surface area contributed by atoms with Crippen molar-refractivity contribution in [2.75, 3.05) is 22.9 Å². The van der Waals surface area contributed by atoms with Gasteiger partial charge in [-0.05, 0) is 62.5 Å². The number of benzene rings is 2. The summed E-state index contributed by atoms with van der Waals surface area (Å²) in [6.45, 7) is 5.60. The fourth-order valence-electron chi connectivity index (χ4n) is 3.13. The molecule has 3 rings (SSSR count). The van der Waals surface area contributed by atoms with Crippen molar-refractivity contribution in [1.29, 1.82) is 0 Å². The molecule has 2 aromatic rings. The van der Waals surface area contributed by atoms with E-state index in [2.05, 4.69) is 10.2 Å². The normalized spacial score (nSPS) is 15.5. The van der Waals surface area contributed by atoms with Gasteiger partial charge in [0.25, 0.3) is 11.8 Å². The number of thiocarbonyl (C=S) groups is 1. The smallest absolute Gasteiger partial charge is 0.270 e. The van der Waals surface area contributed by atoms with Crippen molar-refractivity contribution in [3.63, 3.8) is 0 Å². The van der Waals surface area contributed by atoms with Gasteiger partial charge in [-0.1, -0.05) is 23.2 Å². The number of carbonyl (C=O) groups excluding carboxylic acids is 2. The third-order valence-electron chi connectivity index (χ3n) is 4.69. The van der Waals surface area contributed by atoms with Gasteiger partial charge >= 0.3 is 0 Å². The number of nitrogens with zero attached hydrogens (tertiary/aromatic N) is 2. The first-order valence-corrected chi connectivity index (χ1v) is 10.4. The van der Waals surface area contributed by atoms with E-state index in [-0.39, 0.29) is 21.5 Å². The summed E-state index contributed by atoms with van der Waals surface area (Å²) in [6, 6.07) is 9.66. The topological polar surface area (TPSA) is 72.9 Å². The van der Waals surface area contributed by atoms with Crippen LogP contribution in [0.2, 0.25) is 10.0 Å². The lowest BCUT2D eigenvalue weighted by Crippen LogP contribution is -2.54. The van der Waals surface area contributed by atoms with Gasteiger partial charge in [0.2, 0.25) is 0 Å². The van der Waals surface area contributed by atoms with Gasteiger partial charge in [-0.15, -0.1) is 0 Å². The van der Waals surface area contributed by atoms with E-state index in [0.29, 0.717) is 16.3 Å². The van der Waals surface area contributed by atoms with E-state index >= 15 is 0 Å². The van der Waals surface area contributed by atoms with E-state index in [1.165, 1.54) is 12.1 Å². The zero-order valence-corrected chi connectivity index (χ0v) is 18.6. The quantitative estimate of drug-likeness (QED) is 0.391. The molecular weight excluding hydrogens is 445 g/mol. The molecule has 2 N–H and O–H groups in total. The van der Waals surface area contributed by atoms with E-state index in [1.807, 2.05) is 19.9 Å². The minimum atomic E-state index is -0.654. The fraction of sp³-hybridized carbons (Fsp3) is 0.190. The number of aromatic hydroxyl groups is 1. The number of hydrogen-bond donors (Lipinski definition) is 2. The molecule has 9 heteroatoms. The molecule has 0 unspecified atom stereocenters. The van der Waals surface area contributed by atoms with Crippen molar-refractivity contribution < 1.29 is 14.7 Å². The van der Waals surface area contributed by atoms with E-state index < -0.39 is 11.8 Å². The van der Waals surface area contributed by atoms with Crippen LogP contribution in [-0.2, 0) is 9.59 Å². The average Bonchev–Trinajstić information content (AvgIpc) is 2.69. The van der Waals surface area contributed by atoms with E-state index in [9.17, 15) is 14.7 Å². The Balaban J connectivity index is 2.00. The fourth-order valence-corrected chi connectivity index (χ4v) is 3.90. The first-order chi connectivity index (χ1) is 14.3. The Kier molecular flexibility index (Phi) is 6.65. The highest BCUT2D eigenvalue weighted by Gasteiger charge is 2.35. The second-order valence-corrected chi connectivity index (χ2v) is 7.70. The summed E-state index contributed by atoms with van der Waals surface area (Å²) in [7, 11) is 0. The van der Waals surface area contributed by atoms with Crippen molar-refractivity contribution in [3.8, 4) is 5.75 Å². The largest absolute Gasteiger partial charge is 0.507 e. The molecule has 6 nitrogen and oxygen atoms in total. The predicted octanol–water partition coefficient (Wildman–Crippen LogP) is 4.38. The molecule has 30 heavy (non-hydrogen) atoms. The van der Waals surface area contributed by atoms with Crippen LogP contribution in [0, 0.1) is 0 Å². The Labute approximate surface area is 189 Å². The average molecular weight is 464 g/mol. The molecule has 1 saturated heterocycles. The van der Waals surface area contributed by atoms with Crippen LogP contribution < -0.4 is 15.1 Å². The highest BCUT2D eigenvalue weighted by molar-refractivity contribution is 7.80. The van der Waals surface area contributed by atoms with Crippen molar-refractivity contribution in [3.05, 3.63) is 57.6 Å². The van der Waals surface area contributed by atoms with Gasteiger partial charge < -0.3 is 10.0 Å². The third-order valence-corrected chi connectivity index (χ3v) is 5.52.